The molecule has 0 spiro atoms. The van der Waals surface area contributed by atoms with Gasteiger partial charge in [-0.3, -0.25) is 14.0 Å². The molecule has 0 aliphatic carbocycles. The summed E-state index contributed by atoms with van der Waals surface area (Å²) in [5.74, 6) is -0.215. The Balaban J connectivity index is 0.00000380. The largest absolute Gasteiger partial charge is 0.308 e. The third kappa shape index (κ3) is 6.13. The van der Waals surface area contributed by atoms with Gasteiger partial charge in [-0.2, -0.15) is 0 Å². The molecule has 1 aromatic heterocycles. The molecule has 0 unspecified atom stereocenters. The second-order valence-electron chi connectivity index (χ2n) is 8.71. The number of carbonyl (C=O) groups excluding carboxylic acids is 1. The molecule has 3 aromatic carbocycles. The summed E-state index contributed by atoms with van der Waals surface area (Å²) in [6, 6.07) is 21.1. The average Bonchev–Trinajstić information content (AvgIpc) is 3.30. The highest BCUT2D eigenvalue weighted by atomic mass is 35.5. The van der Waals surface area contributed by atoms with Gasteiger partial charge in [0.1, 0.15) is 0 Å². The van der Waals surface area contributed by atoms with Crippen molar-refractivity contribution in [3.8, 4) is 0 Å². The first-order chi connectivity index (χ1) is 17.2. The van der Waals surface area contributed by atoms with Gasteiger partial charge in [0.2, 0.25) is 0 Å². The zero-order chi connectivity index (χ0) is 25.9. The molecule has 0 atom stereocenters. The van der Waals surface area contributed by atoms with Crippen molar-refractivity contribution in [1.29, 1.82) is 0 Å². The molecule has 0 saturated heterocycles. The Morgan fingerprint density at radius 3 is 2.19 bits per heavy atom. The Morgan fingerprint density at radius 2 is 1.59 bits per heavy atom. The number of halogens is 1. The zero-order valence-corrected chi connectivity index (χ0v) is 23.7. The predicted octanol–water partition coefficient (Wildman–Crippen LogP) is 5.45. The number of sulfonamides is 1. The maximum Gasteiger partial charge on any atom is 0.264 e. The minimum atomic E-state index is -3.77. The maximum absolute atomic E-state index is 13.6. The molecule has 4 rings (SSSR count). The van der Waals surface area contributed by atoms with Crippen LogP contribution in [0.15, 0.2) is 77.7 Å². The Kier molecular flexibility index (Phi) is 9.31. The van der Waals surface area contributed by atoms with Gasteiger partial charge in [-0.05, 0) is 76.0 Å². The summed E-state index contributed by atoms with van der Waals surface area (Å²) < 4.78 is 29.0. The molecular weight excluding hydrogens is 528 g/mol. The Morgan fingerprint density at radius 1 is 0.919 bits per heavy atom. The predicted molar refractivity (Wildman–Crippen MR) is 155 cm³/mol. The van der Waals surface area contributed by atoms with Crippen LogP contribution in [0.3, 0.4) is 0 Å². The van der Waals surface area contributed by atoms with Gasteiger partial charge >= 0.3 is 0 Å². The van der Waals surface area contributed by atoms with Gasteiger partial charge in [-0.25, -0.2) is 13.4 Å². The lowest BCUT2D eigenvalue weighted by Crippen LogP contribution is -2.36. The van der Waals surface area contributed by atoms with Crippen LogP contribution in [-0.4, -0.2) is 57.9 Å². The lowest BCUT2D eigenvalue weighted by Gasteiger charge is -2.24. The summed E-state index contributed by atoms with van der Waals surface area (Å²) in [4.78, 5) is 22.2. The minimum Gasteiger partial charge on any atom is -0.308 e. The van der Waals surface area contributed by atoms with Crippen molar-refractivity contribution in [3.63, 3.8) is 0 Å². The van der Waals surface area contributed by atoms with Gasteiger partial charge in [0.05, 0.1) is 20.8 Å². The number of carbonyl (C=O) groups is 1. The highest BCUT2D eigenvalue weighted by Crippen LogP contribution is 2.31. The van der Waals surface area contributed by atoms with E-state index in [9.17, 15) is 13.2 Å². The number of thiazole rings is 1. The summed E-state index contributed by atoms with van der Waals surface area (Å²) in [6.07, 6.45) is 0. The fourth-order valence-corrected chi connectivity index (χ4v) is 6.45. The van der Waals surface area contributed by atoms with E-state index in [1.54, 1.807) is 48.2 Å². The van der Waals surface area contributed by atoms with Crippen molar-refractivity contribution >= 4 is 60.7 Å². The van der Waals surface area contributed by atoms with Crippen LogP contribution in [-0.2, 0) is 10.0 Å². The summed E-state index contributed by atoms with van der Waals surface area (Å²) in [6.45, 7) is 5.22. The molecule has 1 heterocycles. The molecule has 1 amide bonds. The monoisotopic (exact) mass is 558 g/mol. The lowest BCUT2D eigenvalue weighted by molar-refractivity contribution is 0.0985. The minimum absolute atomic E-state index is 0. The normalized spacial score (nSPS) is 11.4. The molecule has 0 bridgehead atoms. The fourth-order valence-electron chi connectivity index (χ4n) is 3.91. The van der Waals surface area contributed by atoms with Crippen LogP contribution in [0.25, 0.3) is 10.2 Å². The van der Waals surface area contributed by atoms with Crippen LogP contribution in [0.4, 0.5) is 10.8 Å². The number of benzene rings is 3. The van der Waals surface area contributed by atoms with Gasteiger partial charge in [-0.15, -0.1) is 12.4 Å². The van der Waals surface area contributed by atoms with Gasteiger partial charge in [0.25, 0.3) is 15.9 Å². The van der Waals surface area contributed by atoms with Crippen molar-refractivity contribution in [2.24, 2.45) is 0 Å². The van der Waals surface area contributed by atoms with Crippen molar-refractivity contribution in [2.45, 2.75) is 18.7 Å². The number of anilines is 2. The van der Waals surface area contributed by atoms with E-state index in [1.165, 1.54) is 27.8 Å². The van der Waals surface area contributed by atoms with Gasteiger partial charge in [0, 0.05) is 25.2 Å². The first-order valence-corrected chi connectivity index (χ1v) is 14.0. The molecule has 10 heteroatoms. The number of hydrogen-bond acceptors (Lipinski definition) is 6. The van der Waals surface area contributed by atoms with E-state index in [4.69, 9.17) is 4.98 Å². The van der Waals surface area contributed by atoms with Crippen LogP contribution in [0.5, 0.6) is 0 Å². The number of hydrogen-bond donors (Lipinski definition) is 0. The number of aromatic nitrogens is 1. The molecule has 37 heavy (non-hydrogen) atoms. The number of rotatable bonds is 9. The summed E-state index contributed by atoms with van der Waals surface area (Å²) in [7, 11) is 0.140. The molecule has 4 aromatic rings. The van der Waals surface area contributed by atoms with Crippen molar-refractivity contribution < 1.29 is 13.2 Å². The zero-order valence-electron chi connectivity index (χ0n) is 21.3. The Hall–Kier alpha value is -2.98. The van der Waals surface area contributed by atoms with Crippen molar-refractivity contribution in [2.75, 3.05) is 42.9 Å². The van der Waals surface area contributed by atoms with Crippen LogP contribution >= 0.6 is 23.7 Å². The molecule has 0 radical (unpaired) electrons. The molecule has 196 valence electrons. The average molecular weight is 559 g/mol. The number of aryl methyl sites for hydroxylation is 1. The van der Waals surface area contributed by atoms with Crippen LogP contribution in [0, 0.1) is 6.92 Å². The molecule has 0 N–H and O–H groups in total. The quantitative estimate of drug-likeness (QED) is 0.273. The van der Waals surface area contributed by atoms with Crippen LogP contribution < -0.4 is 9.21 Å². The van der Waals surface area contributed by atoms with E-state index in [0.717, 1.165) is 15.8 Å². The second-order valence-corrected chi connectivity index (χ2v) is 11.6. The molecule has 7 nitrogen and oxygen atoms in total. The van der Waals surface area contributed by atoms with Gasteiger partial charge in [0.15, 0.2) is 5.13 Å². The first-order valence-electron chi connectivity index (χ1n) is 11.7. The summed E-state index contributed by atoms with van der Waals surface area (Å²) in [5.41, 5.74) is 2.96. The Labute approximate surface area is 228 Å². The van der Waals surface area contributed by atoms with E-state index in [2.05, 4.69) is 0 Å². The van der Waals surface area contributed by atoms with E-state index >= 15 is 0 Å². The number of amides is 1. The van der Waals surface area contributed by atoms with Gasteiger partial charge in [-0.1, -0.05) is 41.7 Å². The SMILES string of the molecule is CCN(c1ccccc1)S(=O)(=O)c1ccc(C(=O)N(CCN(C)C)c2nc3c(C)cccc3s2)cc1.Cl. The second kappa shape index (κ2) is 12.0. The number of para-hydroxylation sites is 2. The molecular formula is C27H31ClN4O3S2. The van der Waals surface area contributed by atoms with Crippen molar-refractivity contribution in [1.82, 2.24) is 9.88 Å². The smallest absolute Gasteiger partial charge is 0.264 e. The molecule has 0 fully saturated rings. The number of fused-ring (bicyclic) bond motifs is 1. The van der Waals surface area contributed by atoms with Crippen molar-refractivity contribution in [3.05, 3.63) is 83.9 Å². The van der Waals surface area contributed by atoms with E-state index in [1.807, 2.05) is 50.2 Å². The highest BCUT2D eigenvalue weighted by Gasteiger charge is 2.26. The third-order valence-corrected chi connectivity index (χ3v) is 8.84. The number of likely N-dealkylation sites (N-methyl/N-ethyl adjacent to an activating group) is 1. The maximum atomic E-state index is 13.6. The fraction of sp³-hybridized carbons (Fsp3) is 0.259. The van der Waals surface area contributed by atoms with Gasteiger partial charge < -0.3 is 4.90 Å². The molecule has 0 aliphatic rings. The molecule has 0 aliphatic heterocycles. The van der Waals surface area contributed by atoms with Crippen LogP contribution in [0.2, 0.25) is 0 Å². The standard InChI is InChI=1S/C27H30N4O3S2.ClH/c1-5-31(22-11-7-6-8-12-22)36(33,34)23-16-14-21(15-17-23)26(32)30(19-18-29(3)4)27-28-25-20(2)10-9-13-24(25)35-27;/h6-17H,5,18-19H2,1-4H3;1H. The lowest BCUT2D eigenvalue weighted by atomic mass is 10.2. The topological polar surface area (TPSA) is 73.8 Å². The summed E-state index contributed by atoms with van der Waals surface area (Å²) >= 11 is 1.48. The third-order valence-electron chi connectivity index (χ3n) is 5.88. The van der Waals surface area contributed by atoms with E-state index in [0.29, 0.717) is 36.0 Å². The van der Waals surface area contributed by atoms with E-state index in [-0.39, 0.29) is 23.2 Å². The first kappa shape index (κ1) is 28.6. The van der Waals surface area contributed by atoms with E-state index < -0.39 is 10.0 Å². The Bertz CT molecular complexity index is 1460. The van der Waals surface area contributed by atoms with Crippen LogP contribution in [0.1, 0.15) is 22.8 Å². The molecule has 0 saturated carbocycles. The highest BCUT2D eigenvalue weighted by molar-refractivity contribution is 7.92. The summed E-state index contributed by atoms with van der Waals surface area (Å²) in [5, 5.41) is 0.629. The number of nitrogens with zero attached hydrogens (tertiary/aromatic N) is 4.